The molecule has 0 radical (unpaired) electrons. The van der Waals surface area contributed by atoms with Crippen molar-refractivity contribution in [2.45, 2.75) is 6.92 Å². The zero-order valence-electron chi connectivity index (χ0n) is 15.5. The van der Waals surface area contributed by atoms with Crippen LogP contribution in [0.15, 0.2) is 41.2 Å². The monoisotopic (exact) mass is 356 g/mol. The Morgan fingerprint density at radius 2 is 2.04 bits per heavy atom. The number of hydrogen-bond acceptors (Lipinski definition) is 5. The summed E-state index contributed by atoms with van der Waals surface area (Å²) >= 11 is 0. The summed E-state index contributed by atoms with van der Waals surface area (Å²) in [6.45, 7) is 3.05. The lowest BCUT2D eigenvalue weighted by molar-refractivity contribution is 0.104. The molecule has 0 spiro atoms. The van der Waals surface area contributed by atoms with E-state index in [1.807, 2.05) is 43.3 Å². The van der Waals surface area contributed by atoms with Gasteiger partial charge < -0.3 is 19.3 Å². The fourth-order valence-corrected chi connectivity index (χ4v) is 2.35. The van der Waals surface area contributed by atoms with Crippen LogP contribution in [0.4, 0.5) is 0 Å². The molecule has 0 aliphatic heterocycles. The van der Waals surface area contributed by atoms with Gasteiger partial charge in [0.15, 0.2) is 5.78 Å². The predicted molar refractivity (Wildman–Crippen MR) is 102 cm³/mol. The van der Waals surface area contributed by atoms with E-state index in [0.717, 1.165) is 12.1 Å². The van der Waals surface area contributed by atoms with Gasteiger partial charge in [0.2, 0.25) is 0 Å². The molecule has 0 saturated carbocycles. The van der Waals surface area contributed by atoms with Crippen LogP contribution in [0.25, 0.3) is 6.08 Å². The van der Waals surface area contributed by atoms with Crippen LogP contribution < -0.4 is 10.3 Å². The van der Waals surface area contributed by atoms with Gasteiger partial charge >= 0.3 is 0 Å². The number of aromatic nitrogens is 1. The zero-order valence-corrected chi connectivity index (χ0v) is 15.5. The summed E-state index contributed by atoms with van der Waals surface area (Å²) in [7, 11) is 5.50. The molecule has 0 fully saturated rings. The number of ether oxygens (including phenoxy) is 1. The van der Waals surface area contributed by atoms with Crippen LogP contribution in [-0.4, -0.2) is 47.6 Å². The summed E-state index contributed by atoms with van der Waals surface area (Å²) in [6.07, 6.45) is 2.88. The summed E-state index contributed by atoms with van der Waals surface area (Å²) in [5.41, 5.74) is 0.602. The maximum atomic E-state index is 12.4. The average molecular weight is 356 g/mol. The summed E-state index contributed by atoms with van der Waals surface area (Å²) in [6, 6.07) is 8.72. The SMILES string of the molecule is Cc1cc(O)c(C(=O)/C=C/c2cccc(OCCN(C)C)c2)c(=O)n1C. The fourth-order valence-electron chi connectivity index (χ4n) is 2.35. The van der Waals surface area contributed by atoms with Crippen LogP contribution in [0.3, 0.4) is 0 Å². The molecule has 26 heavy (non-hydrogen) atoms. The van der Waals surface area contributed by atoms with Crippen LogP contribution >= 0.6 is 0 Å². The highest BCUT2D eigenvalue weighted by atomic mass is 16.5. The smallest absolute Gasteiger partial charge is 0.265 e. The van der Waals surface area contributed by atoms with Crippen LogP contribution in [-0.2, 0) is 7.05 Å². The second-order valence-electron chi connectivity index (χ2n) is 6.33. The number of hydrogen-bond donors (Lipinski definition) is 1. The van der Waals surface area contributed by atoms with E-state index in [1.54, 1.807) is 20.0 Å². The molecule has 0 unspecified atom stereocenters. The van der Waals surface area contributed by atoms with Gasteiger partial charge in [-0.15, -0.1) is 0 Å². The van der Waals surface area contributed by atoms with Crippen molar-refractivity contribution in [3.63, 3.8) is 0 Å². The molecule has 0 saturated heterocycles. The molecule has 1 N–H and O–H groups in total. The number of aromatic hydroxyl groups is 1. The van der Waals surface area contributed by atoms with Gasteiger partial charge in [-0.2, -0.15) is 0 Å². The lowest BCUT2D eigenvalue weighted by Crippen LogP contribution is -2.25. The number of nitrogens with zero attached hydrogens (tertiary/aromatic N) is 2. The van der Waals surface area contributed by atoms with Crippen molar-refractivity contribution in [3.8, 4) is 11.5 Å². The molecule has 0 atom stereocenters. The Hall–Kier alpha value is -2.86. The molecular formula is C20H24N2O4. The van der Waals surface area contributed by atoms with E-state index >= 15 is 0 Å². The van der Waals surface area contributed by atoms with Crippen LogP contribution in [0.1, 0.15) is 21.6 Å². The maximum Gasteiger partial charge on any atom is 0.265 e. The zero-order chi connectivity index (χ0) is 19.3. The number of likely N-dealkylation sites (N-methyl/N-ethyl adjacent to an activating group) is 1. The second-order valence-corrected chi connectivity index (χ2v) is 6.33. The van der Waals surface area contributed by atoms with Crippen LogP contribution in [0.5, 0.6) is 11.5 Å². The average Bonchev–Trinajstić information content (AvgIpc) is 2.58. The quantitative estimate of drug-likeness (QED) is 0.608. The van der Waals surface area contributed by atoms with Gasteiger partial charge in [0.25, 0.3) is 5.56 Å². The first-order valence-electron chi connectivity index (χ1n) is 8.29. The van der Waals surface area contributed by atoms with Crippen molar-refractivity contribution in [3.05, 3.63) is 63.6 Å². The number of benzene rings is 1. The van der Waals surface area contributed by atoms with Gasteiger partial charge in [-0.3, -0.25) is 9.59 Å². The van der Waals surface area contributed by atoms with E-state index in [4.69, 9.17) is 4.74 Å². The molecule has 2 aromatic rings. The van der Waals surface area contributed by atoms with Gasteiger partial charge in [-0.05, 0) is 44.8 Å². The Kier molecular flexibility index (Phi) is 6.36. The molecule has 6 heteroatoms. The third-order valence-corrected chi connectivity index (χ3v) is 3.99. The van der Waals surface area contributed by atoms with Crippen molar-refractivity contribution < 1.29 is 14.6 Å². The van der Waals surface area contributed by atoms with Gasteiger partial charge in [0, 0.05) is 25.4 Å². The minimum absolute atomic E-state index is 0.229. The molecule has 0 amide bonds. The van der Waals surface area contributed by atoms with Gasteiger partial charge in [-0.1, -0.05) is 18.2 Å². The van der Waals surface area contributed by atoms with Crippen LogP contribution in [0.2, 0.25) is 0 Å². The largest absolute Gasteiger partial charge is 0.507 e. The summed E-state index contributed by atoms with van der Waals surface area (Å²) < 4.78 is 7.00. The molecule has 2 rings (SSSR count). The second kappa shape index (κ2) is 8.49. The first kappa shape index (κ1) is 19.5. The molecule has 1 aromatic heterocycles. The number of allylic oxidation sites excluding steroid dienone is 1. The number of carbonyl (C=O) groups excluding carboxylic acids is 1. The summed E-state index contributed by atoms with van der Waals surface area (Å²) in [4.78, 5) is 26.6. The predicted octanol–water partition coefficient (Wildman–Crippen LogP) is 2.24. The number of aryl methyl sites for hydroxylation is 1. The highest BCUT2D eigenvalue weighted by molar-refractivity contribution is 6.08. The number of carbonyl (C=O) groups is 1. The van der Waals surface area contributed by atoms with E-state index < -0.39 is 11.3 Å². The van der Waals surface area contributed by atoms with Crippen molar-refractivity contribution in [1.29, 1.82) is 0 Å². The van der Waals surface area contributed by atoms with E-state index in [1.165, 1.54) is 16.7 Å². The lowest BCUT2D eigenvalue weighted by atomic mass is 10.1. The third-order valence-electron chi connectivity index (χ3n) is 3.99. The normalized spacial score (nSPS) is 11.3. The Bertz CT molecular complexity index is 882. The minimum atomic E-state index is -0.540. The molecule has 0 aliphatic carbocycles. The molecule has 0 aliphatic rings. The number of pyridine rings is 1. The Morgan fingerprint density at radius 1 is 1.31 bits per heavy atom. The molecule has 1 heterocycles. The Labute approximate surface area is 153 Å². The van der Waals surface area contributed by atoms with Gasteiger partial charge in [-0.25, -0.2) is 0 Å². The van der Waals surface area contributed by atoms with Crippen molar-refractivity contribution in [1.82, 2.24) is 9.47 Å². The van der Waals surface area contributed by atoms with E-state index in [-0.39, 0.29) is 11.3 Å². The van der Waals surface area contributed by atoms with E-state index in [2.05, 4.69) is 0 Å². The highest BCUT2D eigenvalue weighted by Gasteiger charge is 2.16. The van der Waals surface area contributed by atoms with Crippen LogP contribution in [0, 0.1) is 6.92 Å². The number of rotatable bonds is 7. The Morgan fingerprint density at radius 3 is 2.73 bits per heavy atom. The standard InChI is InChI=1S/C20H24N2O4/c1-14-12-18(24)19(20(25)22(14)4)17(23)9-8-15-6-5-7-16(13-15)26-11-10-21(2)3/h5-9,12-13,24H,10-11H2,1-4H3/b9-8+. The first-order chi connectivity index (χ1) is 12.3. The minimum Gasteiger partial charge on any atom is -0.507 e. The fraction of sp³-hybridized carbons (Fsp3) is 0.300. The molecule has 6 nitrogen and oxygen atoms in total. The van der Waals surface area contributed by atoms with E-state index in [9.17, 15) is 14.7 Å². The Balaban J connectivity index is 2.16. The first-order valence-corrected chi connectivity index (χ1v) is 8.29. The summed E-state index contributed by atoms with van der Waals surface area (Å²) in [5, 5.41) is 9.96. The summed E-state index contributed by atoms with van der Waals surface area (Å²) in [5.74, 6) is -0.140. The van der Waals surface area contributed by atoms with Crippen molar-refractivity contribution in [2.75, 3.05) is 27.2 Å². The number of ketones is 1. The molecule has 0 bridgehead atoms. The topological polar surface area (TPSA) is 71.8 Å². The van der Waals surface area contributed by atoms with Crippen molar-refractivity contribution >= 4 is 11.9 Å². The molecule has 1 aromatic carbocycles. The molecule has 138 valence electrons. The molecular weight excluding hydrogens is 332 g/mol. The van der Waals surface area contributed by atoms with Gasteiger partial charge in [0.05, 0.1) is 0 Å². The third kappa shape index (κ3) is 4.83. The lowest BCUT2D eigenvalue weighted by Gasteiger charge is -2.11. The highest BCUT2D eigenvalue weighted by Crippen LogP contribution is 2.17. The van der Waals surface area contributed by atoms with Crippen molar-refractivity contribution in [2.24, 2.45) is 7.05 Å². The maximum absolute atomic E-state index is 12.4. The van der Waals surface area contributed by atoms with Gasteiger partial charge in [0.1, 0.15) is 23.7 Å². The van der Waals surface area contributed by atoms with E-state index in [0.29, 0.717) is 18.1 Å².